The first-order valence-electron chi connectivity index (χ1n) is 5.82. The highest BCUT2D eigenvalue weighted by molar-refractivity contribution is 5.35. The second-order valence-corrected chi connectivity index (χ2v) is 4.92. The van der Waals surface area contributed by atoms with Crippen LogP contribution in [0.25, 0.3) is 0 Å². The molecule has 0 bridgehead atoms. The van der Waals surface area contributed by atoms with Crippen molar-refractivity contribution in [1.82, 2.24) is 0 Å². The maximum atomic E-state index is 13.6. The predicted molar refractivity (Wildman–Crippen MR) is 55.7 cm³/mol. The van der Waals surface area contributed by atoms with E-state index in [4.69, 9.17) is 0 Å². The van der Waals surface area contributed by atoms with Gasteiger partial charge >= 0.3 is 0 Å². The van der Waals surface area contributed by atoms with Crippen LogP contribution in [-0.2, 0) is 5.60 Å². The molecule has 2 aliphatic carbocycles. The lowest BCUT2D eigenvalue weighted by atomic mass is 10.0. The van der Waals surface area contributed by atoms with Gasteiger partial charge in [-0.1, -0.05) is 18.9 Å². The van der Waals surface area contributed by atoms with Crippen molar-refractivity contribution in [2.45, 2.75) is 31.3 Å². The Balaban J connectivity index is 2.04. The molecule has 2 aliphatic rings. The third-order valence-corrected chi connectivity index (χ3v) is 4.15. The van der Waals surface area contributed by atoms with Crippen LogP contribution in [0.2, 0.25) is 0 Å². The van der Waals surface area contributed by atoms with E-state index >= 15 is 0 Å². The third kappa shape index (κ3) is 1.18. The highest BCUT2D eigenvalue weighted by Crippen LogP contribution is 2.65. The molecule has 16 heavy (non-hydrogen) atoms. The zero-order chi connectivity index (χ0) is 11.3. The van der Waals surface area contributed by atoms with Gasteiger partial charge in [0.05, 0.1) is 5.56 Å². The van der Waals surface area contributed by atoms with Gasteiger partial charge < -0.3 is 5.11 Å². The summed E-state index contributed by atoms with van der Waals surface area (Å²) in [6.07, 6.45) is 3.88. The van der Waals surface area contributed by atoms with Crippen molar-refractivity contribution >= 4 is 0 Å². The van der Waals surface area contributed by atoms with Gasteiger partial charge in [0.15, 0.2) is 0 Å². The van der Waals surface area contributed by atoms with Crippen LogP contribution in [0.4, 0.5) is 8.78 Å². The normalized spacial score (nSPS) is 36.9. The summed E-state index contributed by atoms with van der Waals surface area (Å²) in [6, 6.07) is 3.78. The molecule has 0 heterocycles. The van der Waals surface area contributed by atoms with Crippen molar-refractivity contribution in [3.05, 3.63) is 35.4 Å². The number of rotatable bonds is 1. The maximum absolute atomic E-state index is 13.6. The van der Waals surface area contributed by atoms with Crippen molar-refractivity contribution < 1.29 is 13.9 Å². The molecule has 0 radical (unpaired) electrons. The van der Waals surface area contributed by atoms with Crippen molar-refractivity contribution in [2.24, 2.45) is 11.8 Å². The van der Waals surface area contributed by atoms with Crippen LogP contribution in [0, 0.1) is 23.5 Å². The summed E-state index contributed by atoms with van der Waals surface area (Å²) in [5, 5.41) is 10.4. The van der Waals surface area contributed by atoms with Crippen LogP contribution in [0.15, 0.2) is 18.2 Å². The zero-order valence-electron chi connectivity index (χ0n) is 8.92. The first-order chi connectivity index (χ1) is 7.65. The van der Waals surface area contributed by atoms with Gasteiger partial charge in [-0.3, -0.25) is 0 Å². The topological polar surface area (TPSA) is 20.2 Å². The van der Waals surface area contributed by atoms with Gasteiger partial charge in [0.25, 0.3) is 0 Å². The van der Waals surface area contributed by atoms with Crippen LogP contribution in [0.1, 0.15) is 31.2 Å². The Morgan fingerprint density at radius 2 is 1.56 bits per heavy atom. The molecule has 1 N–H and O–H groups in total. The smallest absolute Gasteiger partial charge is 0.132 e. The van der Waals surface area contributed by atoms with Gasteiger partial charge in [-0.2, -0.15) is 0 Å². The summed E-state index contributed by atoms with van der Waals surface area (Å²) in [4.78, 5) is 0. The molecule has 3 heteroatoms. The lowest BCUT2D eigenvalue weighted by Gasteiger charge is -2.13. The van der Waals surface area contributed by atoms with Crippen molar-refractivity contribution in [1.29, 1.82) is 0 Å². The molecule has 3 rings (SSSR count). The Labute approximate surface area is 93.1 Å². The first-order valence-corrected chi connectivity index (χ1v) is 5.82. The second-order valence-electron chi connectivity index (χ2n) is 4.92. The second kappa shape index (κ2) is 3.27. The number of hydrogen-bond acceptors (Lipinski definition) is 1. The van der Waals surface area contributed by atoms with Crippen molar-refractivity contribution in [2.75, 3.05) is 0 Å². The Kier molecular flexibility index (Phi) is 2.08. The largest absolute Gasteiger partial charge is 0.384 e. The van der Waals surface area contributed by atoms with Crippen LogP contribution < -0.4 is 0 Å². The molecule has 0 amide bonds. The molecule has 2 unspecified atom stereocenters. The average molecular weight is 224 g/mol. The van der Waals surface area contributed by atoms with E-state index in [1.54, 1.807) is 0 Å². The minimum atomic E-state index is -1.23. The molecule has 1 aromatic carbocycles. The van der Waals surface area contributed by atoms with E-state index in [0.29, 0.717) is 0 Å². The fourth-order valence-corrected chi connectivity index (χ4v) is 3.34. The Morgan fingerprint density at radius 3 is 2.06 bits per heavy atom. The fourth-order valence-electron chi connectivity index (χ4n) is 3.34. The molecule has 0 saturated heterocycles. The number of halogens is 2. The average Bonchev–Trinajstić information content (AvgIpc) is 2.86. The van der Waals surface area contributed by atoms with E-state index in [9.17, 15) is 13.9 Å². The van der Waals surface area contributed by atoms with Crippen LogP contribution in [0.5, 0.6) is 0 Å². The lowest BCUT2D eigenvalue weighted by molar-refractivity contribution is 0.109. The predicted octanol–water partition coefficient (Wildman–Crippen LogP) is 2.97. The molecular weight excluding hydrogens is 210 g/mol. The Bertz CT molecular complexity index is 398. The SMILES string of the molecule is OC1(c2c(F)cccc2F)C2CCCCC21. The van der Waals surface area contributed by atoms with Gasteiger partial charge in [0.1, 0.15) is 17.2 Å². The number of benzene rings is 1. The molecule has 86 valence electrons. The molecule has 0 spiro atoms. The summed E-state index contributed by atoms with van der Waals surface area (Å²) >= 11 is 0. The summed E-state index contributed by atoms with van der Waals surface area (Å²) in [6.45, 7) is 0. The van der Waals surface area contributed by atoms with E-state index in [1.165, 1.54) is 18.2 Å². The fraction of sp³-hybridized carbons (Fsp3) is 0.538. The summed E-state index contributed by atoms with van der Waals surface area (Å²) in [7, 11) is 0. The van der Waals surface area contributed by atoms with E-state index in [2.05, 4.69) is 0 Å². The van der Waals surface area contributed by atoms with E-state index < -0.39 is 17.2 Å². The van der Waals surface area contributed by atoms with Crippen molar-refractivity contribution in [3.63, 3.8) is 0 Å². The Morgan fingerprint density at radius 1 is 1.06 bits per heavy atom. The standard InChI is InChI=1S/C13H14F2O/c14-10-6-3-7-11(15)12(10)13(16)8-4-1-2-5-9(8)13/h3,6-9,16H,1-2,4-5H2. The van der Waals surface area contributed by atoms with Gasteiger partial charge in [0.2, 0.25) is 0 Å². The molecule has 1 nitrogen and oxygen atoms in total. The molecule has 0 aliphatic heterocycles. The molecule has 0 aromatic heterocycles. The molecule has 2 fully saturated rings. The molecule has 1 aromatic rings. The van der Waals surface area contributed by atoms with E-state index in [1.807, 2.05) is 0 Å². The number of aliphatic hydroxyl groups is 1. The van der Waals surface area contributed by atoms with Gasteiger partial charge in [-0.25, -0.2) is 8.78 Å². The molecule has 2 atom stereocenters. The third-order valence-electron chi connectivity index (χ3n) is 4.15. The van der Waals surface area contributed by atoms with Gasteiger partial charge in [-0.05, 0) is 36.8 Å². The van der Waals surface area contributed by atoms with Crippen LogP contribution >= 0.6 is 0 Å². The Hall–Kier alpha value is -0.960. The molecular formula is C13H14F2O. The van der Waals surface area contributed by atoms with Crippen LogP contribution in [0.3, 0.4) is 0 Å². The van der Waals surface area contributed by atoms with E-state index in [-0.39, 0.29) is 17.4 Å². The van der Waals surface area contributed by atoms with Crippen LogP contribution in [-0.4, -0.2) is 5.11 Å². The maximum Gasteiger partial charge on any atom is 0.132 e. The number of hydrogen-bond donors (Lipinski definition) is 1. The zero-order valence-corrected chi connectivity index (χ0v) is 8.92. The minimum Gasteiger partial charge on any atom is -0.384 e. The monoisotopic (exact) mass is 224 g/mol. The van der Waals surface area contributed by atoms with Gasteiger partial charge in [-0.15, -0.1) is 0 Å². The van der Waals surface area contributed by atoms with E-state index in [0.717, 1.165) is 25.7 Å². The van der Waals surface area contributed by atoms with Crippen molar-refractivity contribution in [3.8, 4) is 0 Å². The molecule has 2 saturated carbocycles. The van der Waals surface area contributed by atoms with Gasteiger partial charge in [0, 0.05) is 0 Å². The summed E-state index contributed by atoms with van der Waals surface area (Å²) in [5.41, 5.74) is -1.33. The highest BCUT2D eigenvalue weighted by atomic mass is 19.1. The summed E-state index contributed by atoms with van der Waals surface area (Å²) in [5.74, 6) is -1.10. The minimum absolute atomic E-state index is 0.0626. The first kappa shape index (κ1) is 10.2. The lowest BCUT2D eigenvalue weighted by Crippen LogP contribution is -2.15. The number of fused-ring (bicyclic) bond motifs is 1. The quantitative estimate of drug-likeness (QED) is 0.777. The highest BCUT2D eigenvalue weighted by Gasteiger charge is 2.66. The summed E-state index contributed by atoms with van der Waals surface area (Å²) < 4.78 is 27.3.